The number of halogens is 2. The van der Waals surface area contributed by atoms with Gasteiger partial charge in [0.15, 0.2) is 5.78 Å². The molecular formula is C25H30Cl2N2O2. The van der Waals surface area contributed by atoms with Crippen molar-refractivity contribution in [3.05, 3.63) is 57.1 Å². The number of ketones is 1. The van der Waals surface area contributed by atoms with Gasteiger partial charge in [-0.05, 0) is 75.5 Å². The van der Waals surface area contributed by atoms with Crippen LogP contribution in [0.25, 0.3) is 0 Å². The van der Waals surface area contributed by atoms with Crippen molar-refractivity contribution in [1.29, 1.82) is 0 Å². The van der Waals surface area contributed by atoms with Crippen LogP contribution in [0.2, 0.25) is 10.0 Å². The van der Waals surface area contributed by atoms with E-state index in [1.54, 1.807) is 14.0 Å². The number of fused-ring (bicyclic) bond motifs is 1. The lowest BCUT2D eigenvalue weighted by molar-refractivity contribution is -0.123. The SMILES string of the molecule is COc1cccc2c1CCN(c1ccc(Cl)c(Cl)c1C)C2(CN1CCCCC1)C(C)=O. The number of nitrogens with zero attached hydrogens (tertiary/aromatic N) is 2. The highest BCUT2D eigenvalue weighted by Gasteiger charge is 2.49. The average molecular weight is 461 g/mol. The Balaban J connectivity index is 1.93. The summed E-state index contributed by atoms with van der Waals surface area (Å²) >= 11 is 12.8. The predicted molar refractivity (Wildman–Crippen MR) is 128 cm³/mol. The molecule has 1 saturated heterocycles. The van der Waals surface area contributed by atoms with Gasteiger partial charge < -0.3 is 14.5 Å². The first kappa shape index (κ1) is 22.4. The van der Waals surface area contributed by atoms with Gasteiger partial charge in [0, 0.05) is 24.3 Å². The third-order valence-corrected chi connectivity index (χ3v) is 7.83. The van der Waals surface area contributed by atoms with Crippen molar-refractivity contribution in [2.45, 2.75) is 45.1 Å². The number of rotatable bonds is 5. The Morgan fingerprint density at radius 3 is 2.52 bits per heavy atom. The molecule has 0 bridgehead atoms. The zero-order valence-electron chi connectivity index (χ0n) is 18.5. The van der Waals surface area contributed by atoms with Gasteiger partial charge in [0.25, 0.3) is 0 Å². The lowest BCUT2D eigenvalue weighted by atomic mass is 9.76. The minimum atomic E-state index is -0.804. The fourth-order valence-electron chi connectivity index (χ4n) is 5.33. The van der Waals surface area contributed by atoms with Crippen LogP contribution in [-0.2, 0) is 16.8 Å². The summed E-state index contributed by atoms with van der Waals surface area (Å²) in [5, 5.41) is 1.08. The van der Waals surface area contributed by atoms with Crippen LogP contribution in [0.1, 0.15) is 42.9 Å². The molecule has 0 radical (unpaired) electrons. The lowest BCUT2D eigenvalue weighted by Gasteiger charge is -2.51. The van der Waals surface area contributed by atoms with Crippen LogP contribution < -0.4 is 9.64 Å². The molecule has 1 unspecified atom stereocenters. The van der Waals surface area contributed by atoms with Gasteiger partial charge >= 0.3 is 0 Å². The fraction of sp³-hybridized carbons (Fsp3) is 0.480. The first-order valence-corrected chi connectivity index (χ1v) is 11.8. The molecule has 166 valence electrons. The van der Waals surface area contributed by atoms with Crippen molar-refractivity contribution in [3.63, 3.8) is 0 Å². The minimum absolute atomic E-state index is 0.137. The molecule has 1 atom stereocenters. The monoisotopic (exact) mass is 460 g/mol. The van der Waals surface area contributed by atoms with Gasteiger partial charge in [-0.25, -0.2) is 0 Å². The molecule has 0 N–H and O–H groups in total. The number of anilines is 1. The quantitative estimate of drug-likeness (QED) is 0.577. The first-order valence-electron chi connectivity index (χ1n) is 11.0. The van der Waals surface area contributed by atoms with E-state index in [9.17, 15) is 4.79 Å². The molecule has 1 fully saturated rings. The highest BCUT2D eigenvalue weighted by atomic mass is 35.5. The van der Waals surface area contributed by atoms with Crippen molar-refractivity contribution in [2.24, 2.45) is 0 Å². The molecule has 4 rings (SSSR count). The highest BCUT2D eigenvalue weighted by Crippen LogP contribution is 2.45. The van der Waals surface area contributed by atoms with Crippen LogP contribution in [0, 0.1) is 6.92 Å². The number of likely N-dealkylation sites (tertiary alicyclic amines) is 1. The Morgan fingerprint density at radius 1 is 1.10 bits per heavy atom. The Labute approximate surface area is 195 Å². The second-order valence-corrected chi connectivity index (χ2v) is 9.43. The van der Waals surface area contributed by atoms with Gasteiger partial charge in [-0.3, -0.25) is 4.79 Å². The summed E-state index contributed by atoms with van der Waals surface area (Å²) in [5.41, 5.74) is 3.24. The van der Waals surface area contributed by atoms with Crippen LogP contribution in [0.5, 0.6) is 5.75 Å². The topological polar surface area (TPSA) is 32.8 Å². The summed E-state index contributed by atoms with van der Waals surface area (Å²) in [4.78, 5) is 18.3. The van der Waals surface area contributed by atoms with E-state index in [0.717, 1.165) is 47.6 Å². The predicted octanol–water partition coefficient (Wildman–Crippen LogP) is 5.64. The van der Waals surface area contributed by atoms with Gasteiger partial charge in [0.05, 0.1) is 17.2 Å². The molecule has 2 heterocycles. The summed E-state index contributed by atoms with van der Waals surface area (Å²) in [7, 11) is 1.70. The largest absolute Gasteiger partial charge is 0.496 e. The van der Waals surface area contributed by atoms with Gasteiger partial charge in [-0.2, -0.15) is 0 Å². The minimum Gasteiger partial charge on any atom is -0.496 e. The third kappa shape index (κ3) is 3.83. The molecule has 0 aliphatic carbocycles. The van der Waals surface area contributed by atoms with Crippen LogP contribution >= 0.6 is 23.2 Å². The number of carbonyl (C=O) groups is 1. The van der Waals surface area contributed by atoms with Crippen molar-refractivity contribution < 1.29 is 9.53 Å². The highest BCUT2D eigenvalue weighted by molar-refractivity contribution is 6.42. The lowest BCUT2D eigenvalue weighted by Crippen LogP contribution is -2.61. The molecule has 2 aliphatic heterocycles. The van der Waals surface area contributed by atoms with E-state index in [2.05, 4.69) is 15.9 Å². The summed E-state index contributed by atoms with van der Waals surface area (Å²) < 4.78 is 5.69. The zero-order valence-corrected chi connectivity index (χ0v) is 20.0. The molecule has 2 aliphatic rings. The van der Waals surface area contributed by atoms with Crippen LogP contribution in [-0.4, -0.2) is 44.0 Å². The summed E-state index contributed by atoms with van der Waals surface area (Å²) in [6.07, 6.45) is 4.40. The van der Waals surface area contributed by atoms with Crippen LogP contribution in [0.15, 0.2) is 30.3 Å². The van der Waals surface area contributed by atoms with E-state index in [1.807, 2.05) is 31.2 Å². The maximum atomic E-state index is 13.6. The number of carbonyl (C=O) groups excluding carboxylic acids is 1. The average Bonchev–Trinajstić information content (AvgIpc) is 2.78. The molecule has 2 aromatic carbocycles. The first-order chi connectivity index (χ1) is 14.9. The maximum absolute atomic E-state index is 13.6. The van der Waals surface area contributed by atoms with E-state index in [-0.39, 0.29) is 5.78 Å². The molecule has 6 heteroatoms. The second kappa shape index (κ2) is 9.01. The van der Waals surface area contributed by atoms with Crippen molar-refractivity contribution in [3.8, 4) is 5.75 Å². The molecule has 2 aromatic rings. The third-order valence-electron chi connectivity index (χ3n) is 6.93. The van der Waals surface area contributed by atoms with E-state index < -0.39 is 5.54 Å². The Morgan fingerprint density at radius 2 is 1.84 bits per heavy atom. The summed E-state index contributed by atoms with van der Waals surface area (Å²) in [6.45, 7) is 7.10. The van der Waals surface area contributed by atoms with E-state index in [0.29, 0.717) is 23.1 Å². The van der Waals surface area contributed by atoms with Crippen molar-refractivity contribution in [2.75, 3.05) is 38.2 Å². The molecule has 4 nitrogen and oxygen atoms in total. The van der Waals surface area contributed by atoms with Crippen LogP contribution in [0.3, 0.4) is 0 Å². The molecule has 31 heavy (non-hydrogen) atoms. The fourth-order valence-corrected chi connectivity index (χ4v) is 5.69. The van der Waals surface area contributed by atoms with Crippen LogP contribution in [0.4, 0.5) is 5.69 Å². The normalized spacial score (nSPS) is 21.6. The molecule has 0 amide bonds. The summed E-state index contributed by atoms with van der Waals surface area (Å²) in [6, 6.07) is 9.92. The smallest absolute Gasteiger partial charge is 0.161 e. The molecule has 0 aromatic heterocycles. The number of benzene rings is 2. The number of Topliss-reactive ketones (excluding diaryl/α,β-unsaturated/α-hetero) is 1. The van der Waals surface area contributed by atoms with Crippen molar-refractivity contribution >= 4 is 34.7 Å². The summed E-state index contributed by atoms with van der Waals surface area (Å²) in [5.74, 6) is 0.991. The van der Waals surface area contributed by atoms with Gasteiger partial charge in [-0.1, -0.05) is 41.8 Å². The number of hydrogen-bond acceptors (Lipinski definition) is 4. The van der Waals surface area contributed by atoms with Gasteiger partial charge in [0.2, 0.25) is 0 Å². The van der Waals surface area contributed by atoms with Gasteiger partial charge in [0.1, 0.15) is 11.3 Å². The number of piperidine rings is 1. The number of methoxy groups -OCH3 is 1. The standard InChI is InChI=1S/C25H30Cl2N2O2/c1-17-22(11-10-21(26)24(17)27)29-15-12-19-20(8-7-9-23(19)31-3)25(29,18(2)30)16-28-13-5-4-6-14-28/h7-11H,4-6,12-16H2,1-3H3. The Kier molecular flexibility index (Phi) is 6.52. The Hall–Kier alpha value is -1.75. The maximum Gasteiger partial charge on any atom is 0.161 e. The molecular weight excluding hydrogens is 431 g/mol. The van der Waals surface area contributed by atoms with Crippen molar-refractivity contribution in [1.82, 2.24) is 4.90 Å². The Bertz CT molecular complexity index is 988. The number of ether oxygens (including phenoxy) is 1. The van der Waals surface area contributed by atoms with Gasteiger partial charge in [-0.15, -0.1) is 0 Å². The second-order valence-electron chi connectivity index (χ2n) is 8.65. The molecule has 0 spiro atoms. The van der Waals surface area contributed by atoms with E-state index in [1.165, 1.54) is 19.3 Å². The zero-order chi connectivity index (χ0) is 22.2. The number of hydrogen-bond donors (Lipinski definition) is 0. The van der Waals surface area contributed by atoms with E-state index in [4.69, 9.17) is 27.9 Å². The van der Waals surface area contributed by atoms with E-state index >= 15 is 0 Å². The molecule has 0 saturated carbocycles.